The van der Waals surface area contributed by atoms with Gasteiger partial charge in [0.2, 0.25) is 5.91 Å². The Bertz CT molecular complexity index is 264. The molecule has 2 aliphatic rings. The molecule has 2 atom stereocenters. The lowest BCUT2D eigenvalue weighted by Crippen LogP contribution is -2.51. The van der Waals surface area contributed by atoms with Gasteiger partial charge in [-0.2, -0.15) is 0 Å². The van der Waals surface area contributed by atoms with E-state index in [2.05, 4.69) is 17.1 Å². The molecule has 4 heteroatoms. The average Bonchev–Trinajstić information content (AvgIpc) is 2.39. The summed E-state index contributed by atoms with van der Waals surface area (Å²) < 4.78 is 5.31. The van der Waals surface area contributed by atoms with Crippen LogP contribution in [0.25, 0.3) is 0 Å². The Hall–Kier alpha value is -0.610. The Morgan fingerprint density at radius 2 is 2.00 bits per heavy atom. The van der Waals surface area contributed by atoms with Crippen LogP contribution in [0.1, 0.15) is 26.2 Å². The molecule has 2 aliphatic heterocycles. The summed E-state index contributed by atoms with van der Waals surface area (Å²) in [7, 11) is 2.01. The molecule has 1 amide bonds. The second-order valence-corrected chi connectivity index (χ2v) is 5.33. The Morgan fingerprint density at radius 3 is 2.59 bits per heavy atom. The molecule has 0 aromatic heterocycles. The van der Waals surface area contributed by atoms with Gasteiger partial charge in [-0.05, 0) is 32.2 Å². The Labute approximate surface area is 104 Å². The van der Waals surface area contributed by atoms with Crippen molar-refractivity contribution in [2.24, 2.45) is 11.8 Å². The topological polar surface area (TPSA) is 41.6 Å². The molecule has 0 bridgehead atoms. The molecule has 0 aromatic carbocycles. The number of rotatable bonds is 2. The summed E-state index contributed by atoms with van der Waals surface area (Å²) in [6, 6.07) is 0.564. The lowest BCUT2D eigenvalue weighted by molar-refractivity contribution is -0.140. The second kappa shape index (κ2) is 5.83. The average molecular weight is 240 g/mol. The van der Waals surface area contributed by atoms with Crippen molar-refractivity contribution in [3.8, 4) is 0 Å². The van der Waals surface area contributed by atoms with Crippen molar-refractivity contribution in [3.63, 3.8) is 0 Å². The molecule has 1 N–H and O–H groups in total. The summed E-state index contributed by atoms with van der Waals surface area (Å²) in [5.74, 6) is 1.12. The third-order valence-electron chi connectivity index (χ3n) is 4.16. The van der Waals surface area contributed by atoms with E-state index in [1.807, 2.05) is 7.05 Å². The number of carbonyl (C=O) groups excluding carboxylic acids is 1. The number of piperidine rings is 1. The number of nitrogens with one attached hydrogen (secondary N) is 1. The van der Waals surface area contributed by atoms with Crippen molar-refractivity contribution >= 4 is 5.91 Å². The molecule has 2 fully saturated rings. The van der Waals surface area contributed by atoms with Gasteiger partial charge in [0, 0.05) is 38.3 Å². The minimum atomic E-state index is 0.210. The van der Waals surface area contributed by atoms with E-state index in [-0.39, 0.29) is 5.92 Å². The Morgan fingerprint density at radius 1 is 1.29 bits per heavy atom. The first-order valence-electron chi connectivity index (χ1n) is 6.76. The van der Waals surface area contributed by atoms with Crippen LogP contribution in [0.3, 0.4) is 0 Å². The van der Waals surface area contributed by atoms with E-state index >= 15 is 0 Å². The fourth-order valence-electron chi connectivity index (χ4n) is 2.98. The van der Waals surface area contributed by atoms with Gasteiger partial charge in [-0.25, -0.2) is 0 Å². The SMILES string of the molecule is CNC1CCN(C(=O)C2CCOCC2)CC1C. The van der Waals surface area contributed by atoms with E-state index in [1.54, 1.807) is 0 Å². The van der Waals surface area contributed by atoms with Crippen molar-refractivity contribution in [3.05, 3.63) is 0 Å². The maximum atomic E-state index is 12.3. The molecule has 0 aromatic rings. The fourth-order valence-corrected chi connectivity index (χ4v) is 2.98. The molecule has 2 heterocycles. The van der Waals surface area contributed by atoms with Gasteiger partial charge >= 0.3 is 0 Å². The zero-order valence-electron chi connectivity index (χ0n) is 10.9. The van der Waals surface area contributed by atoms with Crippen LogP contribution >= 0.6 is 0 Å². The van der Waals surface area contributed by atoms with Gasteiger partial charge in [0.15, 0.2) is 0 Å². The van der Waals surface area contributed by atoms with Crippen LogP contribution in [0.15, 0.2) is 0 Å². The van der Waals surface area contributed by atoms with E-state index in [0.717, 1.165) is 45.6 Å². The molecule has 0 aliphatic carbocycles. The standard InChI is InChI=1S/C13H24N2O2/c1-10-9-15(6-3-12(10)14-2)13(16)11-4-7-17-8-5-11/h10-12,14H,3-9H2,1-2H3. The van der Waals surface area contributed by atoms with Crippen LogP contribution in [-0.4, -0.2) is 50.2 Å². The molecule has 0 radical (unpaired) electrons. The second-order valence-electron chi connectivity index (χ2n) is 5.33. The van der Waals surface area contributed by atoms with Crippen molar-refractivity contribution in [1.82, 2.24) is 10.2 Å². The number of ether oxygens (including phenoxy) is 1. The highest BCUT2D eigenvalue weighted by atomic mass is 16.5. The van der Waals surface area contributed by atoms with Crippen LogP contribution in [0.2, 0.25) is 0 Å². The molecule has 2 unspecified atom stereocenters. The smallest absolute Gasteiger partial charge is 0.225 e. The molecule has 0 saturated carbocycles. The molecule has 2 rings (SSSR count). The van der Waals surface area contributed by atoms with Gasteiger partial charge in [-0.15, -0.1) is 0 Å². The van der Waals surface area contributed by atoms with Gasteiger partial charge in [0.1, 0.15) is 0 Å². The molecule has 4 nitrogen and oxygen atoms in total. The summed E-state index contributed by atoms with van der Waals surface area (Å²) in [4.78, 5) is 14.4. The van der Waals surface area contributed by atoms with Crippen LogP contribution in [-0.2, 0) is 9.53 Å². The van der Waals surface area contributed by atoms with Crippen LogP contribution < -0.4 is 5.32 Å². The molecular weight excluding hydrogens is 216 g/mol. The summed E-state index contributed by atoms with van der Waals surface area (Å²) in [5, 5.41) is 3.33. The molecule has 2 saturated heterocycles. The van der Waals surface area contributed by atoms with Crippen LogP contribution in [0, 0.1) is 11.8 Å². The molecule has 98 valence electrons. The number of likely N-dealkylation sites (tertiary alicyclic amines) is 1. The summed E-state index contributed by atoms with van der Waals surface area (Å²) in [5.41, 5.74) is 0. The quantitative estimate of drug-likeness (QED) is 0.778. The zero-order chi connectivity index (χ0) is 12.3. The molecular formula is C13H24N2O2. The van der Waals surface area contributed by atoms with Crippen molar-refractivity contribution in [1.29, 1.82) is 0 Å². The van der Waals surface area contributed by atoms with Gasteiger partial charge in [0.05, 0.1) is 0 Å². The monoisotopic (exact) mass is 240 g/mol. The summed E-state index contributed by atoms with van der Waals surface area (Å²) >= 11 is 0. The van der Waals surface area contributed by atoms with Gasteiger partial charge < -0.3 is 15.0 Å². The first kappa shape index (κ1) is 12.8. The minimum Gasteiger partial charge on any atom is -0.381 e. The predicted octanol–water partition coefficient (Wildman–Crippen LogP) is 0.869. The van der Waals surface area contributed by atoms with Gasteiger partial charge in [-0.1, -0.05) is 6.92 Å². The normalized spacial score (nSPS) is 31.5. The number of nitrogens with zero attached hydrogens (tertiary/aromatic N) is 1. The first-order valence-corrected chi connectivity index (χ1v) is 6.76. The summed E-state index contributed by atoms with van der Waals surface area (Å²) in [6.45, 7) is 5.54. The predicted molar refractivity (Wildman–Crippen MR) is 66.8 cm³/mol. The minimum absolute atomic E-state index is 0.210. The number of hydrogen-bond donors (Lipinski definition) is 1. The Balaban J connectivity index is 1.87. The van der Waals surface area contributed by atoms with E-state index in [4.69, 9.17) is 4.74 Å². The number of carbonyl (C=O) groups is 1. The highest BCUT2D eigenvalue weighted by molar-refractivity contribution is 5.79. The highest BCUT2D eigenvalue weighted by Gasteiger charge is 2.31. The van der Waals surface area contributed by atoms with Crippen LogP contribution in [0.5, 0.6) is 0 Å². The molecule has 17 heavy (non-hydrogen) atoms. The van der Waals surface area contributed by atoms with Crippen molar-refractivity contribution in [2.75, 3.05) is 33.4 Å². The fraction of sp³-hybridized carbons (Fsp3) is 0.923. The van der Waals surface area contributed by atoms with Gasteiger partial charge in [0.25, 0.3) is 0 Å². The van der Waals surface area contributed by atoms with E-state index in [0.29, 0.717) is 17.9 Å². The largest absolute Gasteiger partial charge is 0.381 e. The lowest BCUT2D eigenvalue weighted by atomic mass is 9.91. The maximum absolute atomic E-state index is 12.3. The van der Waals surface area contributed by atoms with E-state index in [9.17, 15) is 4.79 Å². The lowest BCUT2D eigenvalue weighted by Gasteiger charge is -2.38. The van der Waals surface area contributed by atoms with E-state index < -0.39 is 0 Å². The number of hydrogen-bond acceptors (Lipinski definition) is 3. The zero-order valence-corrected chi connectivity index (χ0v) is 10.9. The van der Waals surface area contributed by atoms with Crippen molar-refractivity contribution in [2.45, 2.75) is 32.2 Å². The molecule has 0 spiro atoms. The van der Waals surface area contributed by atoms with Gasteiger partial charge in [-0.3, -0.25) is 4.79 Å². The highest BCUT2D eigenvalue weighted by Crippen LogP contribution is 2.22. The maximum Gasteiger partial charge on any atom is 0.225 e. The summed E-state index contributed by atoms with van der Waals surface area (Å²) in [6.07, 6.45) is 2.88. The van der Waals surface area contributed by atoms with Crippen molar-refractivity contribution < 1.29 is 9.53 Å². The number of amides is 1. The first-order chi connectivity index (χ1) is 8.22. The third-order valence-corrected chi connectivity index (χ3v) is 4.16. The van der Waals surface area contributed by atoms with E-state index in [1.165, 1.54) is 0 Å². The van der Waals surface area contributed by atoms with Crippen LogP contribution in [0.4, 0.5) is 0 Å². The third kappa shape index (κ3) is 2.99. The Kier molecular flexibility index (Phi) is 4.40.